The van der Waals surface area contributed by atoms with Crippen LogP contribution in [-0.4, -0.2) is 19.2 Å². The van der Waals surface area contributed by atoms with E-state index in [9.17, 15) is 0 Å². The first-order chi connectivity index (χ1) is 10.1. The molecule has 21 heavy (non-hydrogen) atoms. The van der Waals surface area contributed by atoms with Gasteiger partial charge in [0.15, 0.2) is 16.7 Å². The molecule has 0 bridgehead atoms. The first-order valence-electron chi connectivity index (χ1n) is 6.32. The molecule has 2 aromatic rings. The van der Waals surface area contributed by atoms with Crippen molar-refractivity contribution in [2.75, 3.05) is 19.5 Å². The highest BCUT2D eigenvalue weighted by Crippen LogP contribution is 2.37. The van der Waals surface area contributed by atoms with E-state index >= 15 is 0 Å². The zero-order valence-electron chi connectivity index (χ0n) is 12.0. The highest BCUT2D eigenvalue weighted by atomic mass is 35.5. The lowest BCUT2D eigenvalue weighted by atomic mass is 10.2. The first-order valence-corrected chi connectivity index (χ1v) is 7.08. The topological polar surface area (TPSA) is 43.4 Å². The van der Waals surface area contributed by atoms with Gasteiger partial charge in [-0.3, -0.25) is 0 Å². The number of aromatic nitrogens is 1. The van der Waals surface area contributed by atoms with E-state index < -0.39 is 0 Å². The SMILES string of the molecule is COc1ccc(CNc2c(C)ccnc2Cl)c(Cl)c1OC. The number of halogens is 2. The predicted octanol–water partition coefficient (Wildman–Crippen LogP) is 4.33. The van der Waals surface area contributed by atoms with E-state index in [0.29, 0.717) is 28.2 Å². The van der Waals surface area contributed by atoms with Crippen LogP contribution >= 0.6 is 23.2 Å². The smallest absolute Gasteiger partial charge is 0.179 e. The summed E-state index contributed by atoms with van der Waals surface area (Å²) in [7, 11) is 3.13. The number of anilines is 1. The summed E-state index contributed by atoms with van der Waals surface area (Å²) in [5.74, 6) is 1.12. The summed E-state index contributed by atoms with van der Waals surface area (Å²) in [6, 6.07) is 5.60. The third-order valence-corrected chi connectivity index (χ3v) is 3.83. The van der Waals surface area contributed by atoms with Gasteiger partial charge in [0.25, 0.3) is 0 Å². The average Bonchev–Trinajstić information content (AvgIpc) is 2.47. The molecule has 1 heterocycles. The molecule has 0 atom stereocenters. The molecule has 0 radical (unpaired) electrons. The molecule has 4 nitrogen and oxygen atoms in total. The van der Waals surface area contributed by atoms with E-state index in [4.69, 9.17) is 32.7 Å². The molecule has 6 heteroatoms. The van der Waals surface area contributed by atoms with E-state index in [-0.39, 0.29) is 0 Å². The van der Waals surface area contributed by atoms with Crippen LogP contribution in [0.2, 0.25) is 10.2 Å². The standard InChI is InChI=1S/C15H16Cl2N2O2/c1-9-6-7-18-15(17)13(9)19-8-10-4-5-11(20-2)14(21-3)12(10)16/h4-7,19H,8H2,1-3H3. The quantitative estimate of drug-likeness (QED) is 0.830. The molecule has 2 rings (SSSR count). The third-order valence-electron chi connectivity index (χ3n) is 3.13. The first kappa shape index (κ1) is 15.7. The van der Waals surface area contributed by atoms with E-state index in [2.05, 4.69) is 10.3 Å². The van der Waals surface area contributed by atoms with Gasteiger partial charge in [-0.2, -0.15) is 0 Å². The number of methoxy groups -OCH3 is 2. The molecule has 1 N–H and O–H groups in total. The summed E-state index contributed by atoms with van der Waals surface area (Å²) >= 11 is 12.4. The van der Waals surface area contributed by atoms with Crippen LogP contribution in [-0.2, 0) is 6.54 Å². The maximum atomic E-state index is 6.35. The van der Waals surface area contributed by atoms with Gasteiger partial charge >= 0.3 is 0 Å². The second-order valence-electron chi connectivity index (χ2n) is 4.42. The zero-order valence-corrected chi connectivity index (χ0v) is 13.5. The number of rotatable bonds is 5. The number of benzene rings is 1. The summed E-state index contributed by atoms with van der Waals surface area (Å²) in [5.41, 5.74) is 2.70. The summed E-state index contributed by atoms with van der Waals surface area (Å²) in [6.07, 6.45) is 1.67. The Labute approximate surface area is 134 Å². The van der Waals surface area contributed by atoms with Gasteiger partial charge < -0.3 is 14.8 Å². The van der Waals surface area contributed by atoms with Gasteiger partial charge in [0.1, 0.15) is 0 Å². The largest absolute Gasteiger partial charge is 0.493 e. The Morgan fingerprint density at radius 1 is 1.14 bits per heavy atom. The van der Waals surface area contributed by atoms with Crippen molar-refractivity contribution in [3.63, 3.8) is 0 Å². The van der Waals surface area contributed by atoms with Crippen molar-refractivity contribution in [2.45, 2.75) is 13.5 Å². The van der Waals surface area contributed by atoms with Crippen molar-refractivity contribution in [1.29, 1.82) is 0 Å². The Morgan fingerprint density at radius 3 is 2.52 bits per heavy atom. The van der Waals surface area contributed by atoms with Gasteiger partial charge in [0.2, 0.25) is 0 Å². The molecular weight excluding hydrogens is 311 g/mol. The number of hydrogen-bond donors (Lipinski definition) is 1. The second kappa shape index (κ2) is 6.87. The molecule has 0 aliphatic carbocycles. The van der Waals surface area contributed by atoms with Crippen molar-refractivity contribution in [3.8, 4) is 11.5 Å². The van der Waals surface area contributed by atoms with Crippen LogP contribution in [0.25, 0.3) is 0 Å². The molecule has 0 spiro atoms. The lowest BCUT2D eigenvalue weighted by Gasteiger charge is -2.15. The number of hydrogen-bond acceptors (Lipinski definition) is 4. The van der Waals surface area contributed by atoms with Gasteiger partial charge in [-0.05, 0) is 30.2 Å². The average molecular weight is 327 g/mol. The Hall–Kier alpha value is -1.65. The van der Waals surface area contributed by atoms with Crippen LogP contribution in [0.5, 0.6) is 11.5 Å². The molecule has 0 saturated heterocycles. The number of nitrogens with one attached hydrogen (secondary N) is 1. The lowest BCUT2D eigenvalue weighted by Crippen LogP contribution is -2.04. The van der Waals surface area contributed by atoms with Crippen molar-refractivity contribution in [2.24, 2.45) is 0 Å². The molecule has 1 aromatic heterocycles. The minimum atomic E-state index is 0.437. The lowest BCUT2D eigenvalue weighted by molar-refractivity contribution is 0.355. The highest BCUT2D eigenvalue weighted by Gasteiger charge is 2.13. The maximum absolute atomic E-state index is 6.35. The molecular formula is C15H16Cl2N2O2. The molecule has 0 amide bonds. The van der Waals surface area contributed by atoms with Crippen molar-refractivity contribution in [1.82, 2.24) is 4.98 Å². The van der Waals surface area contributed by atoms with Gasteiger partial charge in [-0.25, -0.2) is 4.98 Å². The maximum Gasteiger partial charge on any atom is 0.179 e. The van der Waals surface area contributed by atoms with E-state index in [1.54, 1.807) is 20.4 Å². The van der Waals surface area contributed by atoms with Crippen molar-refractivity contribution in [3.05, 3.63) is 45.7 Å². The van der Waals surface area contributed by atoms with Gasteiger partial charge in [0.05, 0.1) is 24.9 Å². The fraction of sp³-hybridized carbons (Fsp3) is 0.267. The number of ether oxygens (including phenoxy) is 2. The monoisotopic (exact) mass is 326 g/mol. The summed E-state index contributed by atoms with van der Waals surface area (Å²) in [6.45, 7) is 2.47. The fourth-order valence-electron chi connectivity index (χ4n) is 1.99. The number of pyridine rings is 1. The Morgan fingerprint density at radius 2 is 1.90 bits per heavy atom. The summed E-state index contributed by atoms with van der Waals surface area (Å²) in [5, 5.41) is 4.20. The van der Waals surface area contributed by atoms with Gasteiger partial charge in [-0.15, -0.1) is 0 Å². The Balaban J connectivity index is 2.25. The minimum absolute atomic E-state index is 0.437. The fourth-order valence-corrected chi connectivity index (χ4v) is 2.56. The predicted molar refractivity (Wildman–Crippen MR) is 85.9 cm³/mol. The molecule has 0 fully saturated rings. The Kier molecular flexibility index (Phi) is 5.15. The van der Waals surface area contributed by atoms with Crippen molar-refractivity contribution < 1.29 is 9.47 Å². The van der Waals surface area contributed by atoms with E-state index in [0.717, 1.165) is 16.8 Å². The van der Waals surface area contributed by atoms with Crippen LogP contribution in [0, 0.1) is 6.92 Å². The molecule has 0 unspecified atom stereocenters. The third kappa shape index (κ3) is 3.34. The highest BCUT2D eigenvalue weighted by molar-refractivity contribution is 6.33. The molecule has 0 saturated carbocycles. The van der Waals surface area contributed by atoms with Gasteiger partial charge in [-0.1, -0.05) is 29.3 Å². The van der Waals surface area contributed by atoms with Crippen LogP contribution in [0.15, 0.2) is 24.4 Å². The van der Waals surface area contributed by atoms with E-state index in [1.165, 1.54) is 0 Å². The van der Waals surface area contributed by atoms with Crippen LogP contribution in [0.3, 0.4) is 0 Å². The van der Waals surface area contributed by atoms with Crippen molar-refractivity contribution >= 4 is 28.9 Å². The minimum Gasteiger partial charge on any atom is -0.493 e. The second-order valence-corrected chi connectivity index (χ2v) is 5.16. The summed E-state index contributed by atoms with van der Waals surface area (Å²) < 4.78 is 10.5. The Bertz CT molecular complexity index is 628. The number of nitrogens with zero attached hydrogens (tertiary/aromatic N) is 1. The normalized spacial score (nSPS) is 10.3. The van der Waals surface area contributed by atoms with Gasteiger partial charge in [0, 0.05) is 12.7 Å². The molecule has 112 valence electrons. The molecule has 1 aromatic carbocycles. The van der Waals surface area contributed by atoms with Crippen LogP contribution < -0.4 is 14.8 Å². The van der Waals surface area contributed by atoms with Crippen LogP contribution in [0.4, 0.5) is 5.69 Å². The molecule has 0 aliphatic heterocycles. The summed E-state index contributed by atoms with van der Waals surface area (Å²) in [4.78, 5) is 4.06. The number of aryl methyl sites for hydroxylation is 1. The zero-order chi connectivity index (χ0) is 15.4. The molecule has 0 aliphatic rings. The van der Waals surface area contributed by atoms with Crippen LogP contribution in [0.1, 0.15) is 11.1 Å². The van der Waals surface area contributed by atoms with E-state index in [1.807, 2.05) is 25.1 Å².